The van der Waals surface area contributed by atoms with Gasteiger partial charge >= 0.3 is 0 Å². The Kier molecular flexibility index (Phi) is 5.28. The first-order chi connectivity index (χ1) is 13.3. The van der Waals surface area contributed by atoms with Gasteiger partial charge in [0.15, 0.2) is 3.95 Å². The Balaban J connectivity index is 0.000000153. The lowest BCUT2D eigenvalue weighted by atomic mass is 10.1. The normalized spacial score (nSPS) is 10.4. The Bertz CT molecular complexity index is 1190. The van der Waals surface area contributed by atoms with E-state index in [-0.39, 0.29) is 0 Å². The minimum Gasteiger partial charge on any atom is -0.356 e. The van der Waals surface area contributed by atoms with E-state index in [1.165, 1.54) is 15.5 Å². The molecular formula is C23H18N2S2. The largest absolute Gasteiger partial charge is 0.356 e. The van der Waals surface area contributed by atoms with Crippen molar-refractivity contribution in [3.63, 3.8) is 0 Å². The monoisotopic (exact) mass is 386 g/mol. The predicted molar refractivity (Wildman–Crippen MR) is 121 cm³/mol. The van der Waals surface area contributed by atoms with Crippen LogP contribution in [0.5, 0.6) is 0 Å². The maximum atomic E-state index is 4.98. The number of rotatable bonds is 2. The van der Waals surface area contributed by atoms with Crippen LogP contribution in [-0.2, 0) is 0 Å². The Labute approximate surface area is 167 Å². The number of hydrogen-bond acceptors (Lipinski definition) is 3. The molecule has 0 bridgehead atoms. The van der Waals surface area contributed by atoms with Gasteiger partial charge in [-0.2, -0.15) is 0 Å². The average molecular weight is 387 g/mol. The molecule has 0 unspecified atom stereocenters. The van der Waals surface area contributed by atoms with Crippen LogP contribution < -0.4 is 5.32 Å². The fraction of sp³-hybridized carbons (Fsp3) is 0. The van der Waals surface area contributed by atoms with Crippen molar-refractivity contribution in [2.75, 3.05) is 5.32 Å². The Morgan fingerprint density at radius 2 is 1.37 bits per heavy atom. The number of hydrogen-bond donors (Lipinski definition) is 2. The second kappa shape index (κ2) is 8.16. The minimum atomic E-state index is 0.848. The van der Waals surface area contributed by atoms with E-state index in [1.807, 2.05) is 36.4 Å². The molecule has 0 aliphatic rings. The van der Waals surface area contributed by atoms with Gasteiger partial charge in [0.1, 0.15) is 0 Å². The van der Waals surface area contributed by atoms with Crippen molar-refractivity contribution in [2.24, 2.45) is 0 Å². The van der Waals surface area contributed by atoms with Gasteiger partial charge in [-0.3, -0.25) is 0 Å². The van der Waals surface area contributed by atoms with Crippen molar-refractivity contribution in [2.45, 2.75) is 0 Å². The molecule has 132 valence electrons. The number of aromatic amines is 1. The van der Waals surface area contributed by atoms with Crippen molar-refractivity contribution in [1.82, 2.24) is 4.98 Å². The van der Waals surface area contributed by atoms with E-state index in [9.17, 15) is 0 Å². The summed E-state index contributed by atoms with van der Waals surface area (Å²) >= 11 is 6.59. The fourth-order valence-electron chi connectivity index (χ4n) is 2.85. The van der Waals surface area contributed by atoms with E-state index >= 15 is 0 Å². The molecule has 0 spiro atoms. The van der Waals surface area contributed by atoms with E-state index in [0.717, 1.165) is 20.8 Å². The van der Waals surface area contributed by atoms with Crippen molar-refractivity contribution in [1.29, 1.82) is 0 Å². The first kappa shape index (κ1) is 17.5. The molecule has 4 heteroatoms. The fourth-order valence-corrected chi connectivity index (χ4v) is 3.97. The van der Waals surface area contributed by atoms with Crippen molar-refractivity contribution < 1.29 is 0 Å². The summed E-state index contributed by atoms with van der Waals surface area (Å²) in [5.41, 5.74) is 3.37. The number of anilines is 2. The maximum Gasteiger partial charge on any atom is 0.159 e. The van der Waals surface area contributed by atoms with Gasteiger partial charge in [-0.1, -0.05) is 60.7 Å². The number of H-pyrrole nitrogens is 1. The number of thiazole rings is 1. The quantitative estimate of drug-likeness (QED) is 0.307. The molecule has 1 heterocycles. The smallest absolute Gasteiger partial charge is 0.159 e. The Hall–Kier alpha value is -2.95. The number of benzene rings is 4. The van der Waals surface area contributed by atoms with Gasteiger partial charge in [0, 0.05) is 11.4 Å². The first-order valence-corrected chi connectivity index (χ1v) is 9.89. The molecule has 0 aliphatic heterocycles. The topological polar surface area (TPSA) is 27.8 Å². The van der Waals surface area contributed by atoms with E-state index in [1.54, 1.807) is 11.3 Å². The lowest BCUT2D eigenvalue weighted by Crippen LogP contribution is -1.89. The van der Waals surface area contributed by atoms with Gasteiger partial charge in [0.25, 0.3) is 0 Å². The van der Waals surface area contributed by atoms with Gasteiger partial charge in [-0.05, 0) is 59.4 Å². The summed E-state index contributed by atoms with van der Waals surface area (Å²) in [6, 6.07) is 33.1. The van der Waals surface area contributed by atoms with E-state index in [2.05, 4.69) is 71.0 Å². The van der Waals surface area contributed by atoms with Crippen LogP contribution in [0.15, 0.2) is 97.1 Å². The number of aromatic nitrogens is 1. The number of nitrogens with one attached hydrogen (secondary N) is 2. The highest BCUT2D eigenvalue weighted by molar-refractivity contribution is 7.73. The standard InChI is InChI=1S/C16H13N.C7H5NS2/c1-2-8-15(9-3-1)17-16-11-10-13-6-4-5-7-14(13)12-16;9-7-8-5-3-1-2-4-6(5)10-7/h1-12,17H;1-4H,(H,8,9). The van der Waals surface area contributed by atoms with Crippen LogP contribution in [0.25, 0.3) is 21.0 Å². The SMILES string of the molecule is S=c1[nH]c2ccccc2s1.c1ccc(Nc2ccc3ccccc3c2)cc1. The van der Waals surface area contributed by atoms with Gasteiger partial charge in [0.05, 0.1) is 10.2 Å². The maximum absolute atomic E-state index is 4.98. The molecule has 2 nitrogen and oxygen atoms in total. The van der Waals surface area contributed by atoms with E-state index in [4.69, 9.17) is 12.2 Å². The summed E-state index contributed by atoms with van der Waals surface area (Å²) < 4.78 is 2.08. The van der Waals surface area contributed by atoms with Gasteiger partial charge in [0.2, 0.25) is 0 Å². The van der Waals surface area contributed by atoms with Crippen LogP contribution in [0, 0.1) is 3.95 Å². The van der Waals surface area contributed by atoms with Gasteiger partial charge < -0.3 is 10.3 Å². The summed E-state index contributed by atoms with van der Waals surface area (Å²) in [7, 11) is 0. The molecule has 1 aromatic heterocycles. The second-order valence-corrected chi connectivity index (χ2v) is 7.78. The molecule has 0 saturated heterocycles. The van der Waals surface area contributed by atoms with Crippen molar-refractivity contribution in [3.8, 4) is 0 Å². The highest BCUT2D eigenvalue weighted by Gasteiger charge is 1.96. The van der Waals surface area contributed by atoms with Gasteiger partial charge in [-0.25, -0.2) is 0 Å². The summed E-state index contributed by atoms with van der Waals surface area (Å²) in [5, 5.41) is 5.92. The highest BCUT2D eigenvalue weighted by atomic mass is 32.1. The average Bonchev–Trinajstić information content (AvgIpc) is 3.09. The van der Waals surface area contributed by atoms with Crippen LogP contribution in [0.1, 0.15) is 0 Å². The Morgan fingerprint density at radius 3 is 2.19 bits per heavy atom. The molecule has 2 N–H and O–H groups in total. The van der Waals surface area contributed by atoms with Crippen LogP contribution >= 0.6 is 23.6 Å². The second-order valence-electron chi connectivity index (χ2n) is 6.06. The summed E-state index contributed by atoms with van der Waals surface area (Å²) in [4.78, 5) is 3.09. The molecule has 0 saturated carbocycles. The number of para-hydroxylation sites is 2. The zero-order chi connectivity index (χ0) is 18.5. The molecule has 0 atom stereocenters. The van der Waals surface area contributed by atoms with Gasteiger partial charge in [-0.15, -0.1) is 11.3 Å². The Morgan fingerprint density at radius 1 is 0.667 bits per heavy atom. The molecule has 0 amide bonds. The highest BCUT2D eigenvalue weighted by Crippen LogP contribution is 2.22. The third-order valence-electron chi connectivity index (χ3n) is 4.14. The molecular weight excluding hydrogens is 368 g/mol. The molecule has 27 heavy (non-hydrogen) atoms. The predicted octanol–water partition coefficient (Wildman–Crippen LogP) is 7.54. The molecule has 0 aliphatic carbocycles. The lowest BCUT2D eigenvalue weighted by Gasteiger charge is -2.07. The summed E-state index contributed by atoms with van der Waals surface area (Å²) in [6.45, 7) is 0. The minimum absolute atomic E-state index is 0.848. The third-order valence-corrected chi connectivity index (χ3v) is 5.35. The molecule has 4 aromatic carbocycles. The summed E-state index contributed by atoms with van der Waals surface area (Å²) in [5.74, 6) is 0. The molecule has 5 aromatic rings. The lowest BCUT2D eigenvalue weighted by molar-refractivity contribution is 1.47. The van der Waals surface area contributed by atoms with E-state index < -0.39 is 0 Å². The number of fused-ring (bicyclic) bond motifs is 2. The van der Waals surface area contributed by atoms with Crippen molar-refractivity contribution in [3.05, 3.63) is 101 Å². The van der Waals surface area contributed by atoms with Crippen LogP contribution in [-0.4, -0.2) is 4.98 Å². The zero-order valence-electron chi connectivity index (χ0n) is 14.6. The molecule has 0 radical (unpaired) electrons. The van der Waals surface area contributed by atoms with Crippen LogP contribution in [0.3, 0.4) is 0 Å². The van der Waals surface area contributed by atoms with Crippen LogP contribution in [0.2, 0.25) is 0 Å². The van der Waals surface area contributed by atoms with E-state index in [0.29, 0.717) is 0 Å². The molecule has 5 rings (SSSR count). The van der Waals surface area contributed by atoms with Crippen LogP contribution in [0.4, 0.5) is 11.4 Å². The van der Waals surface area contributed by atoms with Crippen molar-refractivity contribution >= 4 is 55.9 Å². The first-order valence-electron chi connectivity index (χ1n) is 8.67. The zero-order valence-corrected chi connectivity index (χ0v) is 16.2. The molecule has 0 fully saturated rings. The summed E-state index contributed by atoms with van der Waals surface area (Å²) in [6.07, 6.45) is 0. The third kappa shape index (κ3) is 4.42.